The Morgan fingerprint density at radius 3 is 2.48 bits per heavy atom. The molecule has 2 amide bonds. The fourth-order valence-corrected chi connectivity index (χ4v) is 2.08. The summed E-state index contributed by atoms with van der Waals surface area (Å²) in [7, 11) is 1.53. The van der Waals surface area contributed by atoms with Gasteiger partial charge >= 0.3 is 0 Å². The summed E-state index contributed by atoms with van der Waals surface area (Å²) in [5, 5.41) is 5.48. The first-order valence-corrected chi connectivity index (χ1v) is 6.81. The van der Waals surface area contributed by atoms with E-state index in [1.165, 1.54) is 13.1 Å². The van der Waals surface area contributed by atoms with E-state index in [-0.39, 0.29) is 29.2 Å². The first-order valence-electron chi connectivity index (χ1n) is 6.43. The lowest BCUT2D eigenvalue weighted by molar-refractivity contribution is -0.120. The first kappa shape index (κ1) is 19.7. The van der Waals surface area contributed by atoms with Gasteiger partial charge < -0.3 is 16.4 Å². The van der Waals surface area contributed by atoms with Crippen LogP contribution in [0.3, 0.4) is 0 Å². The molecule has 21 heavy (non-hydrogen) atoms. The minimum Gasteiger partial charge on any atom is -0.355 e. The molecule has 0 saturated carbocycles. The number of rotatable bonds is 5. The SMILES string of the molecule is CCCC(C)(N)C(=O)Nc1ccc(C(=O)NC)c(Cl)c1.Cl. The number of anilines is 1. The standard InChI is InChI=1S/C14H20ClN3O2.ClH/c1-4-7-14(2,16)13(20)18-9-5-6-10(11(15)8-9)12(19)17-3;/h5-6,8H,4,7,16H2,1-3H3,(H,17,19)(H,18,20);1H. The van der Waals surface area contributed by atoms with Crippen molar-refractivity contribution in [3.8, 4) is 0 Å². The Hall–Kier alpha value is -1.30. The predicted octanol–water partition coefficient (Wildman–Crippen LogP) is 2.58. The fourth-order valence-electron chi connectivity index (χ4n) is 1.82. The summed E-state index contributed by atoms with van der Waals surface area (Å²) < 4.78 is 0. The van der Waals surface area contributed by atoms with Crippen LogP contribution in [0.1, 0.15) is 37.0 Å². The second-order valence-electron chi connectivity index (χ2n) is 4.90. The molecule has 118 valence electrons. The van der Waals surface area contributed by atoms with E-state index in [2.05, 4.69) is 10.6 Å². The van der Waals surface area contributed by atoms with Crippen molar-refractivity contribution in [1.29, 1.82) is 0 Å². The van der Waals surface area contributed by atoms with E-state index in [9.17, 15) is 9.59 Å². The molecule has 1 aromatic carbocycles. The van der Waals surface area contributed by atoms with Gasteiger partial charge in [-0.1, -0.05) is 24.9 Å². The molecule has 0 heterocycles. The number of halogens is 2. The van der Waals surface area contributed by atoms with E-state index in [4.69, 9.17) is 17.3 Å². The fraction of sp³-hybridized carbons (Fsp3) is 0.429. The average molecular weight is 334 g/mol. The van der Waals surface area contributed by atoms with Crippen LogP contribution in [-0.2, 0) is 4.79 Å². The third-order valence-electron chi connectivity index (χ3n) is 2.99. The van der Waals surface area contributed by atoms with Gasteiger partial charge in [0.1, 0.15) is 0 Å². The van der Waals surface area contributed by atoms with Crippen molar-refractivity contribution >= 4 is 41.5 Å². The van der Waals surface area contributed by atoms with Gasteiger partial charge in [0, 0.05) is 12.7 Å². The third-order valence-corrected chi connectivity index (χ3v) is 3.30. The molecule has 1 atom stereocenters. The molecule has 0 radical (unpaired) electrons. The quantitative estimate of drug-likeness (QED) is 0.774. The van der Waals surface area contributed by atoms with Gasteiger partial charge in [-0.2, -0.15) is 0 Å². The summed E-state index contributed by atoms with van der Waals surface area (Å²) in [5.74, 6) is -0.550. The number of nitrogens with two attached hydrogens (primary N) is 1. The molecule has 0 saturated heterocycles. The Balaban J connectivity index is 0.00000400. The van der Waals surface area contributed by atoms with Crippen LogP contribution < -0.4 is 16.4 Å². The first-order chi connectivity index (χ1) is 9.31. The van der Waals surface area contributed by atoms with Crippen molar-refractivity contribution in [2.75, 3.05) is 12.4 Å². The molecule has 0 fully saturated rings. The zero-order valence-electron chi connectivity index (χ0n) is 12.3. The summed E-state index contributed by atoms with van der Waals surface area (Å²) in [4.78, 5) is 23.6. The van der Waals surface area contributed by atoms with Gasteiger partial charge in [-0.05, 0) is 31.5 Å². The van der Waals surface area contributed by atoms with Crippen molar-refractivity contribution in [2.45, 2.75) is 32.2 Å². The van der Waals surface area contributed by atoms with Gasteiger partial charge in [0.15, 0.2) is 0 Å². The largest absolute Gasteiger partial charge is 0.355 e. The molecule has 0 spiro atoms. The Morgan fingerprint density at radius 2 is 2.00 bits per heavy atom. The predicted molar refractivity (Wildman–Crippen MR) is 88.2 cm³/mol. The number of benzene rings is 1. The summed E-state index contributed by atoms with van der Waals surface area (Å²) in [5.41, 5.74) is 5.89. The molecule has 0 aromatic heterocycles. The van der Waals surface area contributed by atoms with Gasteiger partial charge in [0.25, 0.3) is 5.91 Å². The monoisotopic (exact) mass is 333 g/mol. The second kappa shape index (κ2) is 8.22. The third kappa shape index (κ3) is 5.19. The highest BCUT2D eigenvalue weighted by Gasteiger charge is 2.27. The topological polar surface area (TPSA) is 84.2 Å². The summed E-state index contributed by atoms with van der Waals surface area (Å²) in [6.45, 7) is 3.65. The molecule has 5 nitrogen and oxygen atoms in total. The van der Waals surface area contributed by atoms with Crippen LogP contribution in [0.4, 0.5) is 5.69 Å². The van der Waals surface area contributed by atoms with E-state index in [0.29, 0.717) is 17.7 Å². The van der Waals surface area contributed by atoms with Crippen molar-refractivity contribution in [3.05, 3.63) is 28.8 Å². The van der Waals surface area contributed by atoms with Gasteiger partial charge in [-0.25, -0.2) is 0 Å². The van der Waals surface area contributed by atoms with Crippen LogP contribution >= 0.6 is 24.0 Å². The Morgan fingerprint density at radius 1 is 1.38 bits per heavy atom. The van der Waals surface area contributed by atoms with Crippen LogP contribution in [0.2, 0.25) is 5.02 Å². The molecular formula is C14H21Cl2N3O2. The number of nitrogens with one attached hydrogen (secondary N) is 2. The Bertz CT molecular complexity index is 519. The summed E-state index contributed by atoms with van der Waals surface area (Å²) in [6.07, 6.45) is 1.40. The maximum absolute atomic E-state index is 12.1. The molecule has 0 aliphatic carbocycles. The summed E-state index contributed by atoms with van der Waals surface area (Å²) >= 11 is 6.02. The lowest BCUT2D eigenvalue weighted by Crippen LogP contribution is -2.48. The Labute approximate surface area is 136 Å². The number of carbonyl (C=O) groups is 2. The highest BCUT2D eigenvalue weighted by atomic mass is 35.5. The van der Waals surface area contributed by atoms with Crippen molar-refractivity contribution in [1.82, 2.24) is 5.32 Å². The lowest BCUT2D eigenvalue weighted by atomic mass is 9.96. The smallest absolute Gasteiger partial charge is 0.252 e. The van der Waals surface area contributed by atoms with E-state index in [1.807, 2.05) is 6.92 Å². The molecule has 1 aromatic rings. The van der Waals surface area contributed by atoms with Crippen LogP contribution in [0.15, 0.2) is 18.2 Å². The van der Waals surface area contributed by atoms with Crippen LogP contribution in [0.25, 0.3) is 0 Å². The molecule has 7 heteroatoms. The number of hydrogen-bond donors (Lipinski definition) is 3. The molecule has 0 bridgehead atoms. The number of hydrogen-bond acceptors (Lipinski definition) is 3. The minimum atomic E-state index is -0.930. The van der Waals surface area contributed by atoms with Crippen molar-refractivity contribution in [2.24, 2.45) is 5.73 Å². The van der Waals surface area contributed by atoms with Crippen LogP contribution in [0, 0.1) is 0 Å². The highest BCUT2D eigenvalue weighted by molar-refractivity contribution is 6.34. The van der Waals surface area contributed by atoms with Gasteiger partial charge in [-0.3, -0.25) is 9.59 Å². The van der Waals surface area contributed by atoms with E-state index >= 15 is 0 Å². The number of amides is 2. The molecule has 0 aliphatic rings. The molecular weight excluding hydrogens is 313 g/mol. The van der Waals surface area contributed by atoms with Crippen LogP contribution in [-0.4, -0.2) is 24.4 Å². The normalized spacial score (nSPS) is 12.8. The molecule has 1 rings (SSSR count). The molecule has 0 aliphatic heterocycles. The van der Waals surface area contributed by atoms with Crippen molar-refractivity contribution in [3.63, 3.8) is 0 Å². The van der Waals surface area contributed by atoms with E-state index in [1.54, 1.807) is 19.1 Å². The molecule has 1 unspecified atom stereocenters. The van der Waals surface area contributed by atoms with Crippen LogP contribution in [0.5, 0.6) is 0 Å². The Kier molecular flexibility index (Phi) is 7.71. The second-order valence-corrected chi connectivity index (χ2v) is 5.30. The van der Waals surface area contributed by atoms with Crippen molar-refractivity contribution < 1.29 is 9.59 Å². The minimum absolute atomic E-state index is 0. The molecule has 4 N–H and O–H groups in total. The maximum Gasteiger partial charge on any atom is 0.252 e. The summed E-state index contributed by atoms with van der Waals surface area (Å²) in [6, 6.07) is 4.72. The lowest BCUT2D eigenvalue weighted by Gasteiger charge is -2.23. The number of carbonyl (C=O) groups excluding carboxylic acids is 2. The zero-order valence-corrected chi connectivity index (χ0v) is 13.9. The van der Waals surface area contributed by atoms with Gasteiger partial charge in [0.05, 0.1) is 16.1 Å². The van der Waals surface area contributed by atoms with Gasteiger partial charge in [0.2, 0.25) is 5.91 Å². The van der Waals surface area contributed by atoms with E-state index in [0.717, 1.165) is 6.42 Å². The average Bonchev–Trinajstić information content (AvgIpc) is 2.38. The highest BCUT2D eigenvalue weighted by Crippen LogP contribution is 2.22. The zero-order chi connectivity index (χ0) is 15.3. The van der Waals surface area contributed by atoms with Gasteiger partial charge in [-0.15, -0.1) is 12.4 Å². The van der Waals surface area contributed by atoms with E-state index < -0.39 is 5.54 Å². The maximum atomic E-state index is 12.1.